The second kappa shape index (κ2) is 10.3. The summed E-state index contributed by atoms with van der Waals surface area (Å²) in [6.07, 6.45) is 1.74. The Hall–Kier alpha value is -3.47. The van der Waals surface area contributed by atoms with Gasteiger partial charge in [0.05, 0.1) is 28.6 Å². The highest BCUT2D eigenvalue weighted by atomic mass is 79.9. The maximum atomic E-state index is 13.4. The molecule has 1 aromatic heterocycles. The number of thiocarbonyl (C=S) groups is 1. The zero-order valence-electron chi connectivity index (χ0n) is 18.9. The summed E-state index contributed by atoms with van der Waals surface area (Å²) in [5, 5.41) is 3.12. The van der Waals surface area contributed by atoms with Crippen molar-refractivity contribution in [3.8, 4) is 17.2 Å². The number of amides is 1. The number of methoxy groups -OCH3 is 1. The van der Waals surface area contributed by atoms with Crippen molar-refractivity contribution in [2.24, 2.45) is 0 Å². The molecule has 1 N–H and O–H groups in total. The molecule has 1 fully saturated rings. The lowest BCUT2D eigenvalue weighted by Gasteiger charge is -2.16. The lowest BCUT2D eigenvalue weighted by molar-refractivity contribution is -0.115. The fourth-order valence-corrected chi connectivity index (χ4v) is 5.05. The second-order valence-electron chi connectivity index (χ2n) is 7.71. The van der Waals surface area contributed by atoms with Crippen molar-refractivity contribution in [2.45, 2.75) is 6.61 Å². The molecular formula is C26H18BrN3O4S2. The Kier molecular flexibility index (Phi) is 6.90. The van der Waals surface area contributed by atoms with E-state index in [0.29, 0.717) is 43.1 Å². The third-order valence-electron chi connectivity index (χ3n) is 5.41. The van der Waals surface area contributed by atoms with Gasteiger partial charge in [-0.1, -0.05) is 58.1 Å². The molecule has 0 aliphatic carbocycles. The van der Waals surface area contributed by atoms with Gasteiger partial charge in [-0.2, -0.15) is 0 Å². The molecule has 4 aromatic rings. The molecule has 0 radical (unpaired) electrons. The van der Waals surface area contributed by atoms with E-state index in [-0.39, 0.29) is 18.1 Å². The molecule has 0 saturated carbocycles. The minimum absolute atomic E-state index is 0.0272. The monoisotopic (exact) mass is 579 g/mol. The quantitative estimate of drug-likeness (QED) is 0.247. The van der Waals surface area contributed by atoms with Gasteiger partial charge in [-0.05, 0) is 60.2 Å². The maximum absolute atomic E-state index is 13.4. The van der Waals surface area contributed by atoms with Crippen LogP contribution in [0.3, 0.4) is 0 Å². The first kappa shape index (κ1) is 24.2. The number of carbonyl (C=O) groups is 1. The summed E-state index contributed by atoms with van der Waals surface area (Å²) in [7, 11) is 1.54. The fraction of sp³-hybridized carbons (Fsp3) is 0.0769. The fourth-order valence-electron chi connectivity index (χ4n) is 3.74. The number of carbonyl (C=O) groups excluding carboxylic acids is 1. The van der Waals surface area contributed by atoms with Crippen LogP contribution in [0.15, 0.2) is 80.9 Å². The first-order valence-electron chi connectivity index (χ1n) is 10.8. The average molecular weight is 580 g/mol. The van der Waals surface area contributed by atoms with E-state index in [4.69, 9.17) is 26.7 Å². The third kappa shape index (κ3) is 4.92. The number of hydrogen-bond acceptors (Lipinski definition) is 7. The number of thioether (sulfide) groups is 1. The minimum atomic E-state index is -0.224. The maximum Gasteiger partial charge on any atom is 0.266 e. The molecule has 0 unspecified atom stereocenters. The molecule has 7 nitrogen and oxygen atoms in total. The first-order chi connectivity index (χ1) is 17.4. The molecular weight excluding hydrogens is 562 g/mol. The van der Waals surface area contributed by atoms with Gasteiger partial charge in [0.15, 0.2) is 17.3 Å². The standard InChI is InChI=1S/C26H18BrN3O4S2/c1-33-21-12-15(13-22-24(31)29-26(35)36-22)6-11-20(21)34-14-23-28-19-5-3-2-4-18(19)25(32)30(23)17-9-7-16(27)8-10-17/h2-13H,14H2,1H3,(H,29,31,35). The Labute approximate surface area is 224 Å². The molecule has 1 aliphatic rings. The van der Waals surface area contributed by atoms with Crippen molar-refractivity contribution in [2.75, 3.05) is 7.11 Å². The number of hydrogen-bond donors (Lipinski definition) is 1. The van der Waals surface area contributed by atoms with Crippen LogP contribution in [0.1, 0.15) is 11.4 Å². The average Bonchev–Trinajstić information content (AvgIpc) is 3.20. The molecule has 0 spiro atoms. The number of rotatable bonds is 6. The zero-order chi connectivity index (χ0) is 25.2. The predicted octanol–water partition coefficient (Wildman–Crippen LogP) is 5.22. The van der Waals surface area contributed by atoms with Crippen LogP contribution in [0.25, 0.3) is 22.7 Å². The van der Waals surface area contributed by atoms with Crippen LogP contribution in [0.5, 0.6) is 11.5 Å². The molecule has 1 aliphatic heterocycles. The SMILES string of the molecule is COc1cc(C=C2SC(=S)NC2=O)ccc1OCc1nc2ccccc2c(=O)n1-c1ccc(Br)cc1. The summed E-state index contributed by atoms with van der Waals surface area (Å²) in [5.74, 6) is 1.18. The lowest BCUT2D eigenvalue weighted by Crippen LogP contribution is -2.25. The van der Waals surface area contributed by atoms with Crippen molar-refractivity contribution >= 4 is 67.1 Å². The van der Waals surface area contributed by atoms with Crippen LogP contribution in [0.4, 0.5) is 0 Å². The summed E-state index contributed by atoms with van der Waals surface area (Å²) in [6, 6.07) is 20.0. The molecule has 3 aromatic carbocycles. The van der Waals surface area contributed by atoms with Crippen LogP contribution in [-0.4, -0.2) is 26.9 Å². The topological polar surface area (TPSA) is 82.5 Å². The lowest BCUT2D eigenvalue weighted by atomic mass is 10.2. The van der Waals surface area contributed by atoms with Crippen LogP contribution in [-0.2, 0) is 11.4 Å². The normalized spacial score (nSPS) is 14.3. The largest absolute Gasteiger partial charge is 0.493 e. The van der Waals surface area contributed by atoms with Crippen LogP contribution >= 0.6 is 39.9 Å². The van der Waals surface area contributed by atoms with Crippen molar-refractivity contribution in [1.29, 1.82) is 0 Å². The molecule has 5 rings (SSSR count). The summed E-state index contributed by atoms with van der Waals surface area (Å²) >= 11 is 9.69. The van der Waals surface area contributed by atoms with E-state index in [0.717, 1.165) is 10.0 Å². The Morgan fingerprint density at radius 1 is 1.08 bits per heavy atom. The molecule has 36 heavy (non-hydrogen) atoms. The van der Waals surface area contributed by atoms with Gasteiger partial charge in [0.25, 0.3) is 11.5 Å². The van der Waals surface area contributed by atoms with Crippen LogP contribution < -0.4 is 20.3 Å². The van der Waals surface area contributed by atoms with E-state index in [1.807, 2.05) is 42.5 Å². The van der Waals surface area contributed by atoms with Gasteiger partial charge in [-0.3, -0.25) is 14.2 Å². The molecule has 180 valence electrons. The number of para-hydroxylation sites is 1. The van der Waals surface area contributed by atoms with E-state index in [1.165, 1.54) is 18.9 Å². The molecule has 0 bridgehead atoms. The highest BCUT2D eigenvalue weighted by Gasteiger charge is 2.22. The van der Waals surface area contributed by atoms with Crippen molar-refractivity contribution in [3.05, 3.63) is 97.8 Å². The summed E-state index contributed by atoms with van der Waals surface area (Å²) in [4.78, 5) is 30.6. The smallest absolute Gasteiger partial charge is 0.266 e. The van der Waals surface area contributed by atoms with Gasteiger partial charge < -0.3 is 14.8 Å². The van der Waals surface area contributed by atoms with Gasteiger partial charge in [0.1, 0.15) is 10.9 Å². The molecule has 1 amide bonds. The van der Waals surface area contributed by atoms with E-state index < -0.39 is 0 Å². The van der Waals surface area contributed by atoms with Crippen LogP contribution in [0, 0.1) is 0 Å². The Morgan fingerprint density at radius 2 is 1.86 bits per heavy atom. The molecule has 0 atom stereocenters. The number of aromatic nitrogens is 2. The zero-order valence-corrected chi connectivity index (χ0v) is 22.1. The van der Waals surface area contributed by atoms with E-state index in [1.54, 1.807) is 34.9 Å². The van der Waals surface area contributed by atoms with Gasteiger partial charge in [-0.25, -0.2) is 4.98 Å². The summed E-state index contributed by atoms with van der Waals surface area (Å²) in [6.45, 7) is 0.0272. The minimum Gasteiger partial charge on any atom is -0.493 e. The number of halogens is 1. The van der Waals surface area contributed by atoms with Crippen molar-refractivity contribution < 1.29 is 14.3 Å². The molecule has 2 heterocycles. The highest BCUT2D eigenvalue weighted by molar-refractivity contribution is 9.10. The summed E-state index contributed by atoms with van der Waals surface area (Å²) in [5.41, 5.74) is 1.85. The van der Waals surface area contributed by atoms with Gasteiger partial charge in [0, 0.05) is 4.47 Å². The Morgan fingerprint density at radius 3 is 2.58 bits per heavy atom. The number of ether oxygens (including phenoxy) is 2. The van der Waals surface area contributed by atoms with Crippen molar-refractivity contribution in [3.63, 3.8) is 0 Å². The molecule has 10 heteroatoms. The van der Waals surface area contributed by atoms with E-state index >= 15 is 0 Å². The van der Waals surface area contributed by atoms with E-state index in [2.05, 4.69) is 21.2 Å². The Bertz CT molecular complexity index is 1600. The van der Waals surface area contributed by atoms with E-state index in [9.17, 15) is 9.59 Å². The van der Waals surface area contributed by atoms with Gasteiger partial charge in [0.2, 0.25) is 0 Å². The number of benzene rings is 3. The number of nitrogens with zero attached hydrogens (tertiary/aromatic N) is 2. The van der Waals surface area contributed by atoms with Gasteiger partial charge >= 0.3 is 0 Å². The van der Waals surface area contributed by atoms with Crippen LogP contribution in [0.2, 0.25) is 0 Å². The number of fused-ring (bicyclic) bond motifs is 1. The third-order valence-corrected chi connectivity index (χ3v) is 7.11. The number of nitrogens with one attached hydrogen (secondary N) is 1. The van der Waals surface area contributed by atoms with Crippen molar-refractivity contribution in [1.82, 2.24) is 14.9 Å². The second-order valence-corrected chi connectivity index (χ2v) is 10.3. The highest BCUT2D eigenvalue weighted by Crippen LogP contribution is 2.32. The summed E-state index contributed by atoms with van der Waals surface area (Å²) < 4.78 is 14.5. The first-order valence-corrected chi connectivity index (χ1v) is 12.8. The molecule has 1 saturated heterocycles. The van der Waals surface area contributed by atoms with Gasteiger partial charge in [-0.15, -0.1) is 0 Å². The predicted molar refractivity (Wildman–Crippen MR) is 149 cm³/mol. The Balaban J connectivity index is 1.49.